The maximum absolute atomic E-state index is 11.0. The van der Waals surface area contributed by atoms with Crippen LogP contribution in [0.2, 0.25) is 0 Å². The van der Waals surface area contributed by atoms with E-state index in [0.29, 0.717) is 0 Å². The van der Waals surface area contributed by atoms with Gasteiger partial charge in [0.2, 0.25) is 0 Å². The molecule has 6 nitrogen and oxygen atoms in total. The van der Waals surface area contributed by atoms with E-state index in [4.69, 9.17) is 0 Å². The summed E-state index contributed by atoms with van der Waals surface area (Å²) in [5, 5.41) is 0. The SMILES string of the molecule is CCC.CCCCCCCCCC(C)CC.COS(=O)(=O)c1ccccc1.COS(=O)(=O)c1ccccc1. The van der Waals surface area contributed by atoms with Crippen molar-refractivity contribution in [2.75, 3.05) is 14.2 Å². The van der Waals surface area contributed by atoms with E-state index < -0.39 is 20.2 Å². The second-order valence-electron chi connectivity index (χ2n) is 9.00. The Kier molecular flexibility index (Phi) is 24.6. The molecule has 1 atom stereocenters. The van der Waals surface area contributed by atoms with E-state index in [0.717, 1.165) is 20.1 Å². The van der Waals surface area contributed by atoms with Gasteiger partial charge in [0.05, 0.1) is 24.0 Å². The molecule has 0 aliphatic heterocycles. The van der Waals surface area contributed by atoms with Gasteiger partial charge in [-0.3, -0.25) is 8.37 Å². The summed E-state index contributed by atoms with van der Waals surface area (Å²) in [5.74, 6) is 0.954. The van der Waals surface area contributed by atoms with Crippen LogP contribution >= 0.6 is 0 Å². The third-order valence-electron chi connectivity index (χ3n) is 5.50. The maximum Gasteiger partial charge on any atom is 0.296 e. The molecule has 2 aromatic rings. The summed E-state index contributed by atoms with van der Waals surface area (Å²) in [7, 11) is -4.71. The van der Waals surface area contributed by atoms with E-state index >= 15 is 0 Å². The summed E-state index contributed by atoms with van der Waals surface area (Å²) in [5.41, 5.74) is 0. The Morgan fingerprint density at radius 1 is 0.605 bits per heavy atom. The van der Waals surface area contributed by atoms with Crippen molar-refractivity contribution in [1.82, 2.24) is 0 Å². The zero-order valence-electron chi connectivity index (χ0n) is 24.7. The smallest absolute Gasteiger partial charge is 0.270 e. The first-order valence-electron chi connectivity index (χ1n) is 13.8. The predicted octanol–water partition coefficient (Wildman–Crippen LogP) is 8.63. The Morgan fingerprint density at radius 2 is 0.947 bits per heavy atom. The van der Waals surface area contributed by atoms with Gasteiger partial charge in [-0.15, -0.1) is 0 Å². The molecular formula is C30H52O6S2. The lowest BCUT2D eigenvalue weighted by molar-refractivity contribution is 0.396. The van der Waals surface area contributed by atoms with Crippen molar-refractivity contribution < 1.29 is 25.2 Å². The topological polar surface area (TPSA) is 86.7 Å². The first kappa shape index (κ1) is 38.4. The van der Waals surface area contributed by atoms with Crippen molar-refractivity contribution in [2.45, 2.75) is 109 Å². The number of benzene rings is 2. The van der Waals surface area contributed by atoms with Gasteiger partial charge < -0.3 is 0 Å². The van der Waals surface area contributed by atoms with Crippen LogP contribution in [0.4, 0.5) is 0 Å². The largest absolute Gasteiger partial charge is 0.296 e. The monoisotopic (exact) mass is 572 g/mol. The molecule has 0 N–H and O–H groups in total. The highest BCUT2D eigenvalue weighted by Crippen LogP contribution is 2.14. The third kappa shape index (κ3) is 20.3. The Hall–Kier alpha value is -1.74. The summed E-state index contributed by atoms with van der Waals surface area (Å²) < 4.78 is 52.5. The molecule has 0 saturated carbocycles. The van der Waals surface area contributed by atoms with E-state index in [2.05, 4.69) is 43.0 Å². The van der Waals surface area contributed by atoms with Crippen molar-refractivity contribution in [3.63, 3.8) is 0 Å². The van der Waals surface area contributed by atoms with E-state index in [9.17, 15) is 16.8 Å². The molecular weight excluding hydrogens is 520 g/mol. The highest BCUT2D eigenvalue weighted by molar-refractivity contribution is 7.87. The minimum atomic E-state index is -3.50. The summed E-state index contributed by atoms with van der Waals surface area (Å²) in [6, 6.07) is 16.0. The third-order valence-corrected chi connectivity index (χ3v) is 8.08. The van der Waals surface area contributed by atoms with Crippen molar-refractivity contribution >= 4 is 20.2 Å². The van der Waals surface area contributed by atoms with Crippen LogP contribution in [0.25, 0.3) is 0 Å². The van der Waals surface area contributed by atoms with Crippen LogP contribution in [-0.4, -0.2) is 31.1 Å². The van der Waals surface area contributed by atoms with Crippen molar-refractivity contribution in [2.24, 2.45) is 5.92 Å². The molecule has 1 unspecified atom stereocenters. The fourth-order valence-corrected chi connectivity index (χ4v) is 4.39. The molecule has 0 aliphatic rings. The van der Waals surface area contributed by atoms with Gasteiger partial charge in [0.1, 0.15) is 0 Å². The van der Waals surface area contributed by atoms with Crippen LogP contribution in [0.3, 0.4) is 0 Å². The number of hydrogen-bond donors (Lipinski definition) is 0. The molecule has 0 aromatic heterocycles. The van der Waals surface area contributed by atoms with Crippen molar-refractivity contribution in [3.05, 3.63) is 60.7 Å². The number of rotatable bonds is 13. The van der Waals surface area contributed by atoms with Gasteiger partial charge in [-0.2, -0.15) is 16.8 Å². The number of hydrogen-bond acceptors (Lipinski definition) is 6. The summed E-state index contributed by atoms with van der Waals surface area (Å²) in [6.45, 7) is 11.2. The molecule has 0 saturated heterocycles. The summed E-state index contributed by atoms with van der Waals surface area (Å²) >= 11 is 0. The Labute approximate surface area is 234 Å². The van der Waals surface area contributed by atoms with Gasteiger partial charge in [0.15, 0.2) is 0 Å². The van der Waals surface area contributed by atoms with Gasteiger partial charge in [-0.25, -0.2) is 0 Å². The minimum Gasteiger partial charge on any atom is -0.270 e. The standard InChI is InChI=1S/C13H28.2C7H8O3S.C3H8/c1-4-6-7-8-9-10-11-12-13(3)5-2;2*1-10-11(8,9)7-5-3-2-4-6-7;1-3-2/h13H,4-12H2,1-3H3;2*2-6H,1H3;3H2,1-2H3. The number of unbranched alkanes of at least 4 members (excludes halogenated alkanes) is 6. The van der Waals surface area contributed by atoms with E-state index in [1.807, 2.05) is 0 Å². The fraction of sp³-hybridized carbons (Fsp3) is 0.600. The maximum atomic E-state index is 11.0. The minimum absolute atomic E-state index is 0.183. The average Bonchev–Trinajstić information content (AvgIpc) is 2.94. The normalized spacial score (nSPS) is 11.6. The lowest BCUT2D eigenvalue weighted by atomic mass is 10.00. The zero-order valence-corrected chi connectivity index (χ0v) is 26.3. The average molecular weight is 573 g/mol. The molecule has 0 aliphatic carbocycles. The van der Waals surface area contributed by atoms with E-state index in [1.54, 1.807) is 36.4 Å². The van der Waals surface area contributed by atoms with E-state index in [1.165, 1.54) is 88.5 Å². The zero-order chi connectivity index (χ0) is 29.3. The van der Waals surface area contributed by atoms with Crippen LogP contribution in [0.5, 0.6) is 0 Å². The van der Waals surface area contributed by atoms with Gasteiger partial charge in [0.25, 0.3) is 20.2 Å². The van der Waals surface area contributed by atoms with Crippen LogP contribution in [-0.2, 0) is 28.6 Å². The molecule has 0 spiro atoms. The van der Waals surface area contributed by atoms with Crippen LogP contribution in [0, 0.1) is 5.92 Å². The molecule has 0 fully saturated rings. The van der Waals surface area contributed by atoms with Gasteiger partial charge in [0, 0.05) is 0 Å². The molecule has 2 aromatic carbocycles. The van der Waals surface area contributed by atoms with Gasteiger partial charge in [-0.1, -0.05) is 135 Å². The Balaban J connectivity index is 0. The van der Waals surface area contributed by atoms with Gasteiger partial charge >= 0.3 is 0 Å². The lowest BCUT2D eigenvalue weighted by Crippen LogP contribution is -2.01. The molecule has 8 heteroatoms. The van der Waals surface area contributed by atoms with Crippen LogP contribution in [0.1, 0.15) is 98.8 Å². The fourth-order valence-electron chi connectivity index (χ4n) is 3.02. The lowest BCUT2D eigenvalue weighted by Gasteiger charge is -2.07. The highest BCUT2D eigenvalue weighted by Gasteiger charge is 2.11. The second kappa shape index (κ2) is 24.3. The molecule has 0 heterocycles. The van der Waals surface area contributed by atoms with E-state index in [-0.39, 0.29) is 9.79 Å². The molecule has 0 radical (unpaired) electrons. The molecule has 0 amide bonds. The quantitative estimate of drug-likeness (QED) is 0.176. The summed E-state index contributed by atoms with van der Waals surface area (Å²) in [6.07, 6.45) is 14.2. The first-order valence-corrected chi connectivity index (χ1v) is 16.6. The molecule has 38 heavy (non-hydrogen) atoms. The van der Waals surface area contributed by atoms with Crippen molar-refractivity contribution in [3.8, 4) is 0 Å². The summed E-state index contributed by atoms with van der Waals surface area (Å²) in [4.78, 5) is 0.366. The Morgan fingerprint density at radius 3 is 1.26 bits per heavy atom. The predicted molar refractivity (Wildman–Crippen MR) is 159 cm³/mol. The van der Waals surface area contributed by atoms with Crippen molar-refractivity contribution in [1.29, 1.82) is 0 Å². The van der Waals surface area contributed by atoms with Crippen LogP contribution < -0.4 is 0 Å². The first-order chi connectivity index (χ1) is 18.1. The molecule has 2 rings (SSSR count). The Bertz CT molecular complexity index is 906. The van der Waals surface area contributed by atoms with Gasteiger partial charge in [-0.05, 0) is 30.2 Å². The molecule has 220 valence electrons. The highest BCUT2D eigenvalue weighted by atomic mass is 32.2. The molecule has 0 bridgehead atoms. The second-order valence-corrected chi connectivity index (χ2v) is 12.4. The van der Waals surface area contributed by atoms with Crippen LogP contribution in [0.15, 0.2) is 70.5 Å².